The molecule has 1 amide bonds. The lowest BCUT2D eigenvalue weighted by Gasteiger charge is -2.15. The van der Waals surface area contributed by atoms with Crippen LogP contribution < -0.4 is 4.74 Å². The van der Waals surface area contributed by atoms with Crippen molar-refractivity contribution in [2.75, 3.05) is 14.2 Å². The van der Waals surface area contributed by atoms with Crippen LogP contribution in [0.1, 0.15) is 17.5 Å². The summed E-state index contributed by atoms with van der Waals surface area (Å²) in [7, 11) is 3.08. The average molecular weight is 391 g/mol. The van der Waals surface area contributed by atoms with E-state index >= 15 is 0 Å². The molecule has 0 spiro atoms. The van der Waals surface area contributed by atoms with Crippen molar-refractivity contribution in [3.63, 3.8) is 0 Å². The fraction of sp³-hybridized carbons (Fsp3) is 0.217. The van der Waals surface area contributed by atoms with Crippen molar-refractivity contribution in [1.29, 1.82) is 5.26 Å². The van der Waals surface area contributed by atoms with Gasteiger partial charge in [0.2, 0.25) is 5.91 Å². The maximum Gasteiger partial charge on any atom is 0.246 e. The molecule has 0 aliphatic heterocycles. The normalized spacial score (nSPS) is 11.0. The number of halogens is 1. The smallest absolute Gasteiger partial charge is 0.246 e. The monoisotopic (exact) mass is 391 g/mol. The number of fused-ring (bicyclic) bond motifs is 1. The molecular weight excluding hydrogens is 369 g/mol. The van der Waals surface area contributed by atoms with Crippen LogP contribution in [0.5, 0.6) is 5.75 Å². The summed E-state index contributed by atoms with van der Waals surface area (Å²) in [6.45, 7) is 0.885. The molecule has 0 radical (unpaired) electrons. The van der Waals surface area contributed by atoms with Crippen LogP contribution in [0, 0.1) is 17.1 Å². The molecule has 0 saturated carbocycles. The molecule has 0 aliphatic rings. The van der Waals surface area contributed by atoms with Gasteiger partial charge in [-0.1, -0.05) is 24.3 Å². The van der Waals surface area contributed by atoms with Crippen LogP contribution in [0.15, 0.2) is 54.7 Å². The fourth-order valence-electron chi connectivity index (χ4n) is 3.21. The van der Waals surface area contributed by atoms with Crippen molar-refractivity contribution in [2.45, 2.75) is 19.5 Å². The number of carbonyl (C=O) groups excluding carboxylic acids is 1. The molecule has 5 nitrogen and oxygen atoms in total. The number of para-hydroxylation sites is 1. The Morgan fingerprint density at radius 2 is 2.10 bits per heavy atom. The highest BCUT2D eigenvalue weighted by atomic mass is 19.1. The SMILES string of the molecule is COc1ccc(CN(C)C(=O)/C=C/c2cn(CCC#N)c3ccccc23)cc1F. The minimum absolute atomic E-state index is 0.176. The number of aromatic nitrogens is 1. The first kappa shape index (κ1) is 20.2. The summed E-state index contributed by atoms with van der Waals surface area (Å²) in [5.74, 6) is -0.461. The number of amides is 1. The summed E-state index contributed by atoms with van der Waals surface area (Å²) in [4.78, 5) is 14.0. The van der Waals surface area contributed by atoms with E-state index in [4.69, 9.17) is 10.00 Å². The van der Waals surface area contributed by atoms with E-state index in [0.29, 0.717) is 18.5 Å². The Morgan fingerprint density at radius 3 is 2.83 bits per heavy atom. The molecule has 3 rings (SSSR count). The number of carbonyl (C=O) groups is 1. The molecule has 1 heterocycles. The molecule has 29 heavy (non-hydrogen) atoms. The topological polar surface area (TPSA) is 58.3 Å². The molecule has 3 aromatic rings. The molecule has 1 aromatic heterocycles. The van der Waals surface area contributed by atoms with E-state index in [0.717, 1.165) is 16.5 Å². The van der Waals surface area contributed by atoms with E-state index in [2.05, 4.69) is 6.07 Å². The quantitative estimate of drug-likeness (QED) is 0.562. The Morgan fingerprint density at radius 1 is 1.31 bits per heavy atom. The number of hydrogen-bond donors (Lipinski definition) is 0. The number of likely N-dealkylation sites (N-methyl/N-ethyl adjacent to an activating group) is 1. The fourth-order valence-corrected chi connectivity index (χ4v) is 3.21. The summed E-state index contributed by atoms with van der Waals surface area (Å²) in [6, 6.07) is 14.7. The first-order chi connectivity index (χ1) is 14.0. The molecule has 0 N–H and O–H groups in total. The van der Waals surface area contributed by atoms with Gasteiger partial charge in [-0.25, -0.2) is 4.39 Å². The van der Waals surface area contributed by atoms with Gasteiger partial charge in [-0.2, -0.15) is 5.26 Å². The first-order valence-electron chi connectivity index (χ1n) is 9.24. The van der Waals surface area contributed by atoms with Crippen LogP contribution in [0.25, 0.3) is 17.0 Å². The lowest BCUT2D eigenvalue weighted by molar-refractivity contribution is -0.125. The predicted octanol–water partition coefficient (Wildman–Crippen LogP) is 4.37. The van der Waals surface area contributed by atoms with Gasteiger partial charge in [0.25, 0.3) is 0 Å². The second-order valence-electron chi connectivity index (χ2n) is 6.70. The molecule has 0 fully saturated rings. The van der Waals surface area contributed by atoms with Gasteiger partial charge in [-0.3, -0.25) is 4.79 Å². The first-order valence-corrected chi connectivity index (χ1v) is 9.24. The van der Waals surface area contributed by atoms with Crippen molar-refractivity contribution in [1.82, 2.24) is 9.47 Å². The molecule has 0 saturated heterocycles. The van der Waals surface area contributed by atoms with Gasteiger partial charge in [-0.05, 0) is 29.8 Å². The minimum atomic E-state index is -0.452. The maximum absolute atomic E-state index is 13.8. The highest BCUT2D eigenvalue weighted by molar-refractivity contribution is 5.96. The Balaban J connectivity index is 1.74. The second kappa shape index (κ2) is 9.07. The lowest BCUT2D eigenvalue weighted by atomic mass is 10.1. The van der Waals surface area contributed by atoms with E-state index in [-0.39, 0.29) is 18.2 Å². The van der Waals surface area contributed by atoms with Crippen molar-refractivity contribution in [2.24, 2.45) is 0 Å². The van der Waals surface area contributed by atoms with E-state index < -0.39 is 5.82 Å². The molecular formula is C23H22FN3O2. The second-order valence-corrected chi connectivity index (χ2v) is 6.70. The number of nitrogens with zero attached hydrogens (tertiary/aromatic N) is 3. The van der Waals surface area contributed by atoms with Crippen molar-refractivity contribution < 1.29 is 13.9 Å². The molecule has 148 valence electrons. The zero-order chi connectivity index (χ0) is 20.8. The van der Waals surface area contributed by atoms with Gasteiger partial charge < -0.3 is 14.2 Å². The predicted molar refractivity (Wildman–Crippen MR) is 111 cm³/mol. The summed E-state index contributed by atoms with van der Waals surface area (Å²) in [5.41, 5.74) is 2.62. The molecule has 0 bridgehead atoms. The maximum atomic E-state index is 13.8. The number of nitriles is 1. The van der Waals surface area contributed by atoms with Crippen LogP contribution in [-0.2, 0) is 17.9 Å². The summed E-state index contributed by atoms with van der Waals surface area (Å²) < 4.78 is 20.8. The highest BCUT2D eigenvalue weighted by Crippen LogP contribution is 2.23. The van der Waals surface area contributed by atoms with E-state index in [1.54, 1.807) is 25.3 Å². The summed E-state index contributed by atoms with van der Waals surface area (Å²) in [6.07, 6.45) is 5.65. The van der Waals surface area contributed by atoms with Crippen LogP contribution in [0.4, 0.5) is 4.39 Å². The molecule has 0 unspecified atom stereocenters. The van der Waals surface area contributed by atoms with Gasteiger partial charge in [0, 0.05) is 48.9 Å². The third-order valence-corrected chi connectivity index (χ3v) is 4.70. The van der Waals surface area contributed by atoms with Gasteiger partial charge in [0.05, 0.1) is 19.6 Å². The number of ether oxygens (including phenoxy) is 1. The van der Waals surface area contributed by atoms with Crippen LogP contribution in [0.2, 0.25) is 0 Å². The van der Waals surface area contributed by atoms with Crippen molar-refractivity contribution >= 4 is 22.9 Å². The van der Waals surface area contributed by atoms with Crippen molar-refractivity contribution in [3.05, 3.63) is 71.7 Å². The lowest BCUT2D eigenvalue weighted by Crippen LogP contribution is -2.24. The molecule has 2 aromatic carbocycles. The number of aryl methyl sites for hydroxylation is 1. The molecule has 0 aliphatic carbocycles. The number of benzene rings is 2. The van der Waals surface area contributed by atoms with E-state index in [1.807, 2.05) is 35.0 Å². The van der Waals surface area contributed by atoms with Gasteiger partial charge in [0.15, 0.2) is 11.6 Å². The standard InChI is InChI=1S/C23H22FN3O2/c1-26(15-17-8-10-22(29-2)20(24)14-17)23(28)11-9-18-16-27(13-5-12-25)21-7-4-3-6-19(18)21/h3-4,6-11,14,16H,5,13,15H2,1-2H3/b11-9+. The Hall–Kier alpha value is -3.59. The van der Waals surface area contributed by atoms with E-state index in [9.17, 15) is 9.18 Å². The third kappa shape index (κ3) is 4.64. The zero-order valence-electron chi connectivity index (χ0n) is 16.4. The van der Waals surface area contributed by atoms with Gasteiger partial charge >= 0.3 is 0 Å². The largest absolute Gasteiger partial charge is 0.494 e. The number of hydrogen-bond acceptors (Lipinski definition) is 3. The van der Waals surface area contributed by atoms with Gasteiger partial charge in [-0.15, -0.1) is 0 Å². The minimum Gasteiger partial charge on any atom is -0.494 e. The summed E-state index contributed by atoms with van der Waals surface area (Å²) >= 11 is 0. The van der Waals surface area contributed by atoms with Crippen molar-refractivity contribution in [3.8, 4) is 11.8 Å². The Kier molecular flexibility index (Phi) is 6.30. The van der Waals surface area contributed by atoms with Crippen LogP contribution in [-0.4, -0.2) is 29.5 Å². The number of methoxy groups -OCH3 is 1. The number of rotatable bonds is 7. The van der Waals surface area contributed by atoms with Crippen LogP contribution >= 0.6 is 0 Å². The molecule has 6 heteroatoms. The highest BCUT2D eigenvalue weighted by Gasteiger charge is 2.10. The Bertz CT molecular complexity index is 1100. The zero-order valence-corrected chi connectivity index (χ0v) is 16.4. The summed E-state index contributed by atoms with van der Waals surface area (Å²) in [5, 5.41) is 9.88. The average Bonchev–Trinajstić information content (AvgIpc) is 3.08. The van der Waals surface area contributed by atoms with Crippen LogP contribution in [0.3, 0.4) is 0 Å². The molecule has 0 atom stereocenters. The van der Waals surface area contributed by atoms with E-state index in [1.165, 1.54) is 24.2 Å². The Labute approximate surface area is 169 Å². The van der Waals surface area contributed by atoms with Gasteiger partial charge in [0.1, 0.15) is 0 Å². The third-order valence-electron chi connectivity index (χ3n) is 4.70.